The van der Waals surface area contributed by atoms with Crippen LogP contribution in [0.25, 0.3) is 16.7 Å². The summed E-state index contributed by atoms with van der Waals surface area (Å²) in [7, 11) is 0. The van der Waals surface area contributed by atoms with Gasteiger partial charge in [-0.3, -0.25) is 4.79 Å². The van der Waals surface area contributed by atoms with Crippen molar-refractivity contribution < 1.29 is 4.79 Å². The maximum absolute atomic E-state index is 13.5. The minimum absolute atomic E-state index is 0.0557. The number of rotatable bonds is 5. The van der Waals surface area contributed by atoms with Gasteiger partial charge in [-0.1, -0.05) is 80.9 Å². The van der Waals surface area contributed by atoms with Crippen LogP contribution in [0, 0.1) is 6.92 Å². The minimum Gasteiger partial charge on any atom is -0.354 e. The first-order chi connectivity index (χ1) is 20.3. The molecule has 2 aromatic heterocycles. The fourth-order valence-corrected chi connectivity index (χ4v) is 5.53. The second-order valence-electron chi connectivity index (χ2n) is 12.2. The van der Waals surface area contributed by atoms with Gasteiger partial charge in [0, 0.05) is 38.2 Å². The molecule has 0 unspecified atom stereocenters. The van der Waals surface area contributed by atoms with Gasteiger partial charge in [0.05, 0.1) is 17.3 Å². The van der Waals surface area contributed by atoms with Gasteiger partial charge in [-0.15, -0.1) is 0 Å². The van der Waals surface area contributed by atoms with Crippen LogP contribution in [-0.4, -0.2) is 56.7 Å². The molecule has 1 amide bonds. The van der Waals surface area contributed by atoms with Crippen LogP contribution in [-0.2, 0) is 11.8 Å². The van der Waals surface area contributed by atoms with Gasteiger partial charge in [0.2, 0.25) is 0 Å². The van der Waals surface area contributed by atoms with Crippen molar-refractivity contribution in [1.82, 2.24) is 24.6 Å². The standard InChI is InChI=1S/C35H38N6O/c1-25-11-13-26(14-12-25)23-31-37-32(30-24-36-41(33(30)38-31)29-9-6-5-7-10-29)39-19-8-20-40(22-21-39)34(42)27-15-17-28(18-16-27)35(2,3)4/h5-7,9-18,24H,8,19-23H2,1-4H3. The van der Waals surface area contributed by atoms with E-state index < -0.39 is 0 Å². The van der Waals surface area contributed by atoms with Gasteiger partial charge in [-0.25, -0.2) is 14.6 Å². The molecule has 1 saturated heterocycles. The quantitative estimate of drug-likeness (QED) is 0.251. The topological polar surface area (TPSA) is 67.2 Å². The zero-order chi connectivity index (χ0) is 29.3. The van der Waals surface area contributed by atoms with E-state index in [2.05, 4.69) is 69.0 Å². The summed E-state index contributed by atoms with van der Waals surface area (Å²) in [6.45, 7) is 11.5. The lowest BCUT2D eigenvalue weighted by atomic mass is 9.86. The van der Waals surface area contributed by atoms with Gasteiger partial charge in [0.1, 0.15) is 11.6 Å². The molecule has 5 aromatic rings. The molecule has 3 heterocycles. The van der Waals surface area contributed by atoms with E-state index in [-0.39, 0.29) is 11.3 Å². The zero-order valence-electron chi connectivity index (χ0n) is 24.9. The van der Waals surface area contributed by atoms with E-state index in [1.165, 1.54) is 16.7 Å². The van der Waals surface area contributed by atoms with Gasteiger partial charge in [-0.05, 0) is 54.2 Å². The van der Waals surface area contributed by atoms with Crippen LogP contribution < -0.4 is 4.90 Å². The van der Waals surface area contributed by atoms with Gasteiger partial charge < -0.3 is 9.80 Å². The summed E-state index contributed by atoms with van der Waals surface area (Å²) in [5.41, 5.74) is 6.18. The first kappa shape index (κ1) is 27.6. The van der Waals surface area contributed by atoms with Crippen LogP contribution >= 0.6 is 0 Å². The van der Waals surface area contributed by atoms with E-state index in [0.717, 1.165) is 46.9 Å². The number of nitrogens with zero attached hydrogens (tertiary/aromatic N) is 6. The van der Waals surface area contributed by atoms with E-state index in [1.807, 2.05) is 58.2 Å². The molecule has 3 aromatic carbocycles. The largest absolute Gasteiger partial charge is 0.354 e. The monoisotopic (exact) mass is 558 g/mol. The maximum atomic E-state index is 13.5. The Hall–Kier alpha value is -4.52. The number of para-hydroxylation sites is 1. The Morgan fingerprint density at radius 2 is 1.57 bits per heavy atom. The lowest BCUT2D eigenvalue weighted by molar-refractivity contribution is 0.0767. The summed E-state index contributed by atoms with van der Waals surface area (Å²) in [5.74, 6) is 1.73. The Bertz CT molecular complexity index is 1680. The lowest BCUT2D eigenvalue weighted by Crippen LogP contribution is -2.35. The third kappa shape index (κ3) is 5.77. The van der Waals surface area contributed by atoms with Gasteiger partial charge in [0.25, 0.3) is 5.91 Å². The molecule has 7 nitrogen and oxygen atoms in total. The van der Waals surface area contributed by atoms with Crippen molar-refractivity contribution in [3.8, 4) is 5.69 Å². The average Bonchev–Trinajstić information content (AvgIpc) is 3.26. The molecule has 0 bridgehead atoms. The van der Waals surface area contributed by atoms with Crippen molar-refractivity contribution in [3.05, 3.63) is 113 Å². The lowest BCUT2D eigenvalue weighted by Gasteiger charge is -2.24. The first-order valence-electron chi connectivity index (χ1n) is 14.8. The predicted molar refractivity (Wildman–Crippen MR) is 169 cm³/mol. The number of benzene rings is 3. The van der Waals surface area contributed by atoms with Crippen LogP contribution in [0.2, 0.25) is 0 Å². The Morgan fingerprint density at radius 1 is 0.833 bits per heavy atom. The highest BCUT2D eigenvalue weighted by Gasteiger charge is 2.25. The van der Waals surface area contributed by atoms with Crippen molar-refractivity contribution in [2.24, 2.45) is 0 Å². The molecule has 214 valence electrons. The fourth-order valence-electron chi connectivity index (χ4n) is 5.53. The highest BCUT2D eigenvalue weighted by atomic mass is 16.2. The molecular formula is C35H38N6O. The van der Waals surface area contributed by atoms with E-state index >= 15 is 0 Å². The summed E-state index contributed by atoms with van der Waals surface area (Å²) in [6.07, 6.45) is 3.36. The molecule has 0 atom stereocenters. The Kier molecular flexibility index (Phi) is 7.50. The molecule has 1 fully saturated rings. The van der Waals surface area contributed by atoms with Gasteiger partial charge in [-0.2, -0.15) is 5.10 Å². The van der Waals surface area contributed by atoms with E-state index in [9.17, 15) is 4.79 Å². The molecule has 0 saturated carbocycles. The molecule has 0 spiro atoms. The average molecular weight is 559 g/mol. The smallest absolute Gasteiger partial charge is 0.253 e. The van der Waals surface area contributed by atoms with Crippen molar-refractivity contribution in [1.29, 1.82) is 0 Å². The van der Waals surface area contributed by atoms with Crippen LogP contribution in [0.3, 0.4) is 0 Å². The van der Waals surface area contributed by atoms with Crippen LogP contribution in [0.4, 0.5) is 5.82 Å². The molecule has 1 aliphatic rings. The number of aromatic nitrogens is 4. The Morgan fingerprint density at radius 3 is 2.29 bits per heavy atom. The third-order valence-corrected chi connectivity index (χ3v) is 8.02. The summed E-state index contributed by atoms with van der Waals surface area (Å²) in [6, 6.07) is 26.7. The molecule has 42 heavy (non-hydrogen) atoms. The normalized spacial score (nSPS) is 14.3. The number of carbonyl (C=O) groups excluding carboxylic acids is 1. The molecule has 7 heteroatoms. The molecule has 6 rings (SSSR count). The zero-order valence-corrected chi connectivity index (χ0v) is 24.9. The summed E-state index contributed by atoms with van der Waals surface area (Å²) in [5, 5.41) is 5.65. The SMILES string of the molecule is Cc1ccc(Cc2nc(N3CCCN(C(=O)c4ccc(C(C)(C)C)cc4)CC3)c3cnn(-c4ccccc4)c3n2)cc1. The molecule has 0 N–H and O–H groups in total. The third-order valence-electron chi connectivity index (χ3n) is 8.02. The number of aryl methyl sites for hydroxylation is 1. The van der Waals surface area contributed by atoms with E-state index in [4.69, 9.17) is 15.1 Å². The number of amides is 1. The highest BCUT2D eigenvalue weighted by molar-refractivity contribution is 5.94. The predicted octanol–water partition coefficient (Wildman–Crippen LogP) is 6.36. The fraction of sp³-hybridized carbons (Fsp3) is 0.314. The molecule has 1 aliphatic heterocycles. The molecule has 0 aliphatic carbocycles. The second kappa shape index (κ2) is 11.4. The van der Waals surface area contributed by atoms with Crippen LogP contribution in [0.5, 0.6) is 0 Å². The van der Waals surface area contributed by atoms with E-state index in [1.54, 1.807) is 0 Å². The number of carbonyl (C=O) groups is 1. The van der Waals surface area contributed by atoms with Gasteiger partial charge in [0.15, 0.2) is 5.65 Å². The van der Waals surface area contributed by atoms with Gasteiger partial charge >= 0.3 is 0 Å². The van der Waals surface area contributed by atoms with Crippen molar-refractivity contribution in [2.45, 2.75) is 46.0 Å². The number of hydrogen-bond donors (Lipinski definition) is 0. The summed E-state index contributed by atoms with van der Waals surface area (Å²) >= 11 is 0. The van der Waals surface area contributed by atoms with Crippen LogP contribution in [0.1, 0.15) is 60.1 Å². The summed E-state index contributed by atoms with van der Waals surface area (Å²) < 4.78 is 1.90. The number of anilines is 1. The number of hydrogen-bond acceptors (Lipinski definition) is 5. The van der Waals surface area contributed by atoms with Crippen LogP contribution in [0.15, 0.2) is 85.1 Å². The Balaban J connectivity index is 1.30. The molecular weight excluding hydrogens is 520 g/mol. The Labute approximate surface area is 247 Å². The number of fused-ring (bicyclic) bond motifs is 1. The van der Waals surface area contributed by atoms with Crippen molar-refractivity contribution in [2.75, 3.05) is 31.1 Å². The summed E-state index contributed by atoms with van der Waals surface area (Å²) in [4.78, 5) is 27.9. The van der Waals surface area contributed by atoms with E-state index in [0.29, 0.717) is 26.1 Å². The maximum Gasteiger partial charge on any atom is 0.253 e. The minimum atomic E-state index is 0.0557. The van der Waals surface area contributed by atoms with Crippen molar-refractivity contribution in [3.63, 3.8) is 0 Å². The first-order valence-corrected chi connectivity index (χ1v) is 14.8. The highest BCUT2D eigenvalue weighted by Crippen LogP contribution is 2.28. The second-order valence-corrected chi connectivity index (χ2v) is 12.2. The van der Waals surface area contributed by atoms with Crippen molar-refractivity contribution >= 4 is 22.8 Å². The molecule has 0 radical (unpaired) electrons.